The van der Waals surface area contributed by atoms with E-state index in [9.17, 15) is 14.0 Å². The smallest absolute Gasteiger partial charge is 0.265 e. The first-order valence-electron chi connectivity index (χ1n) is 12.4. The van der Waals surface area contributed by atoms with Gasteiger partial charge in [-0.2, -0.15) is 0 Å². The molecule has 190 valence electrons. The molecule has 2 aliphatic heterocycles. The van der Waals surface area contributed by atoms with Crippen LogP contribution in [0.4, 0.5) is 10.1 Å². The second-order valence-electron chi connectivity index (χ2n) is 9.68. The fourth-order valence-electron chi connectivity index (χ4n) is 6.16. The number of amides is 2. The van der Waals surface area contributed by atoms with Crippen molar-refractivity contribution in [3.05, 3.63) is 135 Å². The van der Waals surface area contributed by atoms with E-state index >= 15 is 0 Å². The van der Waals surface area contributed by atoms with Crippen LogP contribution in [0.2, 0.25) is 10.0 Å². The molecular formula is C31H23Cl2FN2O2. The van der Waals surface area contributed by atoms with Crippen LogP contribution in [0.1, 0.15) is 45.4 Å². The van der Waals surface area contributed by atoms with E-state index < -0.39 is 23.2 Å². The van der Waals surface area contributed by atoms with Crippen LogP contribution in [0.25, 0.3) is 0 Å². The van der Waals surface area contributed by atoms with Gasteiger partial charge in [-0.1, -0.05) is 71.7 Å². The number of anilines is 1. The van der Waals surface area contributed by atoms with Crippen LogP contribution >= 0.6 is 23.2 Å². The first kappa shape index (κ1) is 24.8. The zero-order chi connectivity index (χ0) is 26.4. The lowest BCUT2D eigenvalue weighted by Crippen LogP contribution is -2.57. The normalized spacial score (nSPS) is 22.5. The van der Waals surface area contributed by atoms with Gasteiger partial charge < -0.3 is 5.32 Å². The summed E-state index contributed by atoms with van der Waals surface area (Å²) >= 11 is 12.8. The summed E-state index contributed by atoms with van der Waals surface area (Å²) in [5.74, 6) is -1.57. The summed E-state index contributed by atoms with van der Waals surface area (Å²) in [5.41, 5.74) is 1.73. The van der Waals surface area contributed by atoms with Gasteiger partial charge in [0.05, 0.1) is 11.7 Å². The molecule has 0 bridgehead atoms. The molecule has 1 N–H and O–H groups in total. The maximum atomic E-state index is 14.9. The van der Waals surface area contributed by atoms with E-state index in [1.165, 1.54) is 17.0 Å². The van der Waals surface area contributed by atoms with Crippen LogP contribution in [0.5, 0.6) is 0 Å². The molecule has 1 fully saturated rings. The molecule has 0 radical (unpaired) electrons. The molecule has 6 rings (SSSR count). The number of rotatable bonds is 3. The Morgan fingerprint density at radius 3 is 2.37 bits per heavy atom. The van der Waals surface area contributed by atoms with Crippen LogP contribution in [-0.2, 0) is 10.2 Å². The van der Waals surface area contributed by atoms with E-state index in [0.717, 1.165) is 5.56 Å². The Hall–Kier alpha value is -3.51. The predicted octanol–water partition coefficient (Wildman–Crippen LogP) is 7.08. The molecule has 1 spiro atoms. The second-order valence-corrected chi connectivity index (χ2v) is 10.6. The summed E-state index contributed by atoms with van der Waals surface area (Å²) in [5, 5.41) is 4.46. The van der Waals surface area contributed by atoms with Crippen molar-refractivity contribution in [3.8, 4) is 0 Å². The van der Waals surface area contributed by atoms with E-state index in [2.05, 4.69) is 5.32 Å². The average Bonchev–Trinajstić information content (AvgIpc) is 3.16. The van der Waals surface area contributed by atoms with Crippen LogP contribution in [0.3, 0.4) is 0 Å². The number of carbonyl (C=O) groups excluding carboxylic acids is 2. The van der Waals surface area contributed by atoms with E-state index in [1.807, 2.05) is 36.4 Å². The molecule has 0 saturated carbocycles. The van der Waals surface area contributed by atoms with E-state index in [0.29, 0.717) is 45.4 Å². The van der Waals surface area contributed by atoms with Gasteiger partial charge in [0.25, 0.3) is 5.91 Å². The molecular weight excluding hydrogens is 522 g/mol. The minimum Gasteiger partial charge on any atom is -0.309 e. The van der Waals surface area contributed by atoms with Crippen molar-refractivity contribution in [1.82, 2.24) is 5.32 Å². The monoisotopic (exact) mass is 544 g/mol. The molecule has 2 heterocycles. The molecule has 2 aliphatic rings. The Kier molecular flexibility index (Phi) is 6.31. The third kappa shape index (κ3) is 3.85. The molecule has 1 saturated heterocycles. The molecule has 4 nitrogen and oxygen atoms in total. The highest BCUT2D eigenvalue weighted by atomic mass is 35.5. The fourth-order valence-corrected chi connectivity index (χ4v) is 6.52. The molecule has 0 unspecified atom stereocenters. The quantitative estimate of drug-likeness (QED) is 0.280. The van der Waals surface area contributed by atoms with Crippen molar-refractivity contribution in [3.63, 3.8) is 0 Å². The van der Waals surface area contributed by atoms with Crippen molar-refractivity contribution in [2.75, 3.05) is 11.4 Å². The van der Waals surface area contributed by atoms with Crippen LogP contribution in [0.15, 0.2) is 97.1 Å². The summed E-state index contributed by atoms with van der Waals surface area (Å²) in [6.45, 7) is 0.586. The highest BCUT2D eigenvalue weighted by Gasteiger charge is 2.63. The molecule has 4 aromatic carbocycles. The number of nitrogens with zero attached hydrogens (tertiary/aromatic N) is 1. The number of piperidine rings is 1. The first-order chi connectivity index (χ1) is 18.4. The molecule has 2 amide bonds. The van der Waals surface area contributed by atoms with Gasteiger partial charge in [-0.25, -0.2) is 9.29 Å². The number of hydrogen-bond donors (Lipinski definition) is 1. The zero-order valence-corrected chi connectivity index (χ0v) is 21.7. The highest BCUT2D eigenvalue weighted by molar-refractivity contribution is 6.33. The molecule has 4 aromatic rings. The topological polar surface area (TPSA) is 49.4 Å². The number of hydrogen-bond acceptors (Lipinski definition) is 3. The summed E-state index contributed by atoms with van der Waals surface area (Å²) in [6, 6.07) is 27.1. The number of halogens is 3. The average molecular weight is 545 g/mol. The number of imide groups is 1. The lowest BCUT2D eigenvalue weighted by atomic mass is 9.59. The van der Waals surface area contributed by atoms with Crippen LogP contribution < -0.4 is 10.2 Å². The van der Waals surface area contributed by atoms with E-state index in [1.54, 1.807) is 48.5 Å². The highest BCUT2D eigenvalue weighted by Crippen LogP contribution is 2.59. The third-order valence-electron chi connectivity index (χ3n) is 7.65. The number of carbonyl (C=O) groups is 2. The lowest BCUT2D eigenvalue weighted by Gasteiger charge is -2.47. The van der Waals surface area contributed by atoms with Gasteiger partial charge in [-0.3, -0.25) is 9.59 Å². The van der Waals surface area contributed by atoms with Crippen molar-refractivity contribution in [2.24, 2.45) is 0 Å². The molecule has 38 heavy (non-hydrogen) atoms. The first-order valence-corrected chi connectivity index (χ1v) is 13.1. The minimum atomic E-state index is -1.26. The van der Waals surface area contributed by atoms with E-state index in [-0.39, 0.29) is 11.8 Å². The Morgan fingerprint density at radius 2 is 1.61 bits per heavy atom. The zero-order valence-electron chi connectivity index (χ0n) is 20.2. The van der Waals surface area contributed by atoms with Gasteiger partial charge in [0.1, 0.15) is 11.2 Å². The third-order valence-corrected chi connectivity index (χ3v) is 8.12. The van der Waals surface area contributed by atoms with Gasteiger partial charge in [0.2, 0.25) is 5.91 Å². The Balaban J connectivity index is 1.64. The van der Waals surface area contributed by atoms with Crippen molar-refractivity contribution < 1.29 is 14.0 Å². The van der Waals surface area contributed by atoms with Gasteiger partial charge in [0.15, 0.2) is 0 Å². The lowest BCUT2D eigenvalue weighted by molar-refractivity contribution is -0.125. The standard InChI is InChI=1S/C31H23Cl2FN2O2/c32-22-10-4-8-20(16-22)25-14-15-35-28(21-9-5-11-24(34)17-21)31(25)26-13-12-23(33)18-27(26)36(30(31)38)29(37)19-6-2-1-3-7-19/h1-13,16-18,25,28,35H,14-15H2/t25-,28+,31+/m0/s1. The van der Waals surface area contributed by atoms with E-state index in [4.69, 9.17) is 23.2 Å². The Bertz CT molecular complexity index is 1510. The summed E-state index contributed by atoms with van der Waals surface area (Å²) < 4.78 is 14.5. The summed E-state index contributed by atoms with van der Waals surface area (Å²) in [7, 11) is 0. The van der Waals surface area contributed by atoms with Crippen LogP contribution in [0, 0.1) is 5.82 Å². The van der Waals surface area contributed by atoms with Crippen molar-refractivity contribution >= 4 is 40.7 Å². The minimum absolute atomic E-state index is 0.350. The van der Waals surface area contributed by atoms with Gasteiger partial charge in [0, 0.05) is 21.5 Å². The van der Waals surface area contributed by atoms with Crippen molar-refractivity contribution in [2.45, 2.75) is 23.8 Å². The molecule has 0 aromatic heterocycles. The maximum Gasteiger partial charge on any atom is 0.265 e. The largest absolute Gasteiger partial charge is 0.309 e. The SMILES string of the molecule is O=C(c1ccccc1)N1C(=O)[C@]2(c3ccc(Cl)cc31)[C@@H](c1cccc(F)c1)NCC[C@H]2c1cccc(Cl)c1. The number of fused-ring (bicyclic) bond motifs is 2. The molecule has 3 atom stereocenters. The summed E-state index contributed by atoms with van der Waals surface area (Å²) in [4.78, 5) is 30.1. The van der Waals surface area contributed by atoms with Gasteiger partial charge >= 0.3 is 0 Å². The molecule has 0 aliphatic carbocycles. The fraction of sp³-hybridized carbons (Fsp3) is 0.161. The summed E-state index contributed by atoms with van der Waals surface area (Å²) in [6.07, 6.45) is 0.604. The molecule has 7 heteroatoms. The number of benzene rings is 4. The Labute approximate surface area is 230 Å². The van der Waals surface area contributed by atoms with Crippen LogP contribution in [-0.4, -0.2) is 18.4 Å². The van der Waals surface area contributed by atoms with Crippen molar-refractivity contribution in [1.29, 1.82) is 0 Å². The number of nitrogens with one attached hydrogen (secondary N) is 1. The second kappa shape index (κ2) is 9.66. The van der Waals surface area contributed by atoms with Gasteiger partial charge in [-0.15, -0.1) is 0 Å². The maximum absolute atomic E-state index is 14.9. The predicted molar refractivity (Wildman–Crippen MR) is 147 cm³/mol. The van der Waals surface area contributed by atoms with Gasteiger partial charge in [-0.05, 0) is 78.2 Å². The Morgan fingerprint density at radius 1 is 0.868 bits per heavy atom.